The summed E-state index contributed by atoms with van der Waals surface area (Å²) in [5, 5.41) is 0.754. The Bertz CT molecular complexity index is 378. The van der Waals surface area contributed by atoms with E-state index in [4.69, 9.17) is 11.6 Å². The molecular formula is C13H16ClN. The molecule has 0 aromatic heterocycles. The first-order chi connectivity index (χ1) is 7.13. The number of halogens is 1. The molecule has 0 unspecified atom stereocenters. The Morgan fingerprint density at radius 1 is 1.40 bits per heavy atom. The van der Waals surface area contributed by atoms with Gasteiger partial charge in [0.1, 0.15) is 0 Å². The van der Waals surface area contributed by atoms with Gasteiger partial charge in [0.15, 0.2) is 0 Å². The van der Waals surface area contributed by atoms with E-state index in [2.05, 4.69) is 18.8 Å². The summed E-state index contributed by atoms with van der Waals surface area (Å²) >= 11 is 5.94. The molecule has 15 heavy (non-hydrogen) atoms. The van der Waals surface area contributed by atoms with Crippen molar-refractivity contribution in [3.05, 3.63) is 40.9 Å². The van der Waals surface area contributed by atoms with Gasteiger partial charge in [0.05, 0.1) is 0 Å². The normalized spacial score (nSPS) is 12.7. The average molecular weight is 222 g/mol. The zero-order valence-electron chi connectivity index (χ0n) is 9.37. The van der Waals surface area contributed by atoms with Gasteiger partial charge in [-0.15, -0.1) is 0 Å². The molecule has 0 spiro atoms. The molecule has 0 fully saturated rings. The van der Waals surface area contributed by atoms with E-state index in [0.717, 1.165) is 16.2 Å². The van der Waals surface area contributed by atoms with Gasteiger partial charge >= 0.3 is 0 Å². The van der Waals surface area contributed by atoms with Crippen LogP contribution in [0.5, 0.6) is 0 Å². The van der Waals surface area contributed by atoms with Crippen molar-refractivity contribution in [3.63, 3.8) is 0 Å². The van der Waals surface area contributed by atoms with Gasteiger partial charge in [0.2, 0.25) is 0 Å². The summed E-state index contributed by atoms with van der Waals surface area (Å²) in [4.78, 5) is 4.37. The summed E-state index contributed by atoms with van der Waals surface area (Å²) in [6.45, 7) is 6.12. The summed E-state index contributed by atoms with van der Waals surface area (Å²) in [6.07, 6.45) is 3.94. The topological polar surface area (TPSA) is 12.4 Å². The standard InChI is InChI=1S/C13H16ClN/c1-4-11(9-15-10(2)3)12-6-5-7-13(14)8-12/h4-10H,1-3H3. The van der Waals surface area contributed by atoms with Crippen LogP contribution in [0.2, 0.25) is 5.02 Å². The molecule has 0 bridgehead atoms. The lowest BCUT2D eigenvalue weighted by Crippen LogP contribution is -1.92. The quantitative estimate of drug-likeness (QED) is 0.678. The van der Waals surface area contributed by atoms with Crippen LogP contribution in [-0.2, 0) is 0 Å². The van der Waals surface area contributed by atoms with Crippen molar-refractivity contribution in [1.29, 1.82) is 0 Å². The SMILES string of the molecule is CC=C(C=NC(C)C)c1cccc(Cl)c1. The Morgan fingerprint density at radius 3 is 2.67 bits per heavy atom. The van der Waals surface area contributed by atoms with Gasteiger partial charge in [-0.3, -0.25) is 4.99 Å². The molecule has 0 atom stereocenters. The Kier molecular flexibility index (Phi) is 4.57. The highest BCUT2D eigenvalue weighted by Gasteiger charge is 1.98. The van der Waals surface area contributed by atoms with Gasteiger partial charge in [-0.1, -0.05) is 29.8 Å². The van der Waals surface area contributed by atoms with Crippen molar-refractivity contribution < 1.29 is 0 Å². The van der Waals surface area contributed by atoms with Crippen molar-refractivity contribution in [2.75, 3.05) is 0 Å². The molecule has 0 saturated heterocycles. The summed E-state index contributed by atoms with van der Waals surface area (Å²) in [6, 6.07) is 8.12. The first kappa shape index (κ1) is 12.0. The van der Waals surface area contributed by atoms with Crippen molar-refractivity contribution in [2.24, 2.45) is 4.99 Å². The highest BCUT2D eigenvalue weighted by Crippen LogP contribution is 2.17. The first-order valence-electron chi connectivity index (χ1n) is 5.09. The Morgan fingerprint density at radius 2 is 2.13 bits per heavy atom. The van der Waals surface area contributed by atoms with Gasteiger partial charge in [0, 0.05) is 17.3 Å². The second kappa shape index (κ2) is 5.72. The Labute approximate surface area is 96.5 Å². The molecule has 1 nitrogen and oxygen atoms in total. The summed E-state index contributed by atoms with van der Waals surface area (Å²) in [5.74, 6) is 0. The number of hydrogen-bond donors (Lipinski definition) is 0. The van der Waals surface area contributed by atoms with E-state index in [-0.39, 0.29) is 0 Å². The summed E-state index contributed by atoms with van der Waals surface area (Å²) in [7, 11) is 0. The van der Waals surface area contributed by atoms with Gasteiger partial charge in [-0.25, -0.2) is 0 Å². The van der Waals surface area contributed by atoms with Gasteiger partial charge in [-0.2, -0.15) is 0 Å². The van der Waals surface area contributed by atoms with Gasteiger partial charge < -0.3 is 0 Å². The van der Waals surface area contributed by atoms with E-state index in [1.54, 1.807) is 0 Å². The number of allylic oxidation sites excluding steroid dienone is 2. The Balaban J connectivity index is 2.94. The molecule has 0 aliphatic rings. The minimum Gasteiger partial charge on any atom is -0.290 e. The highest BCUT2D eigenvalue weighted by atomic mass is 35.5. The fraction of sp³-hybridized carbons (Fsp3) is 0.308. The van der Waals surface area contributed by atoms with E-state index in [0.29, 0.717) is 6.04 Å². The lowest BCUT2D eigenvalue weighted by molar-refractivity contribution is 0.842. The maximum atomic E-state index is 5.94. The molecule has 1 rings (SSSR count). The van der Waals surface area contributed by atoms with Crippen LogP contribution >= 0.6 is 11.6 Å². The predicted octanol–water partition coefficient (Wildman–Crippen LogP) is 4.22. The van der Waals surface area contributed by atoms with Crippen LogP contribution in [0.3, 0.4) is 0 Å². The zero-order chi connectivity index (χ0) is 11.3. The maximum absolute atomic E-state index is 5.94. The van der Waals surface area contributed by atoms with E-state index in [1.165, 1.54) is 0 Å². The first-order valence-corrected chi connectivity index (χ1v) is 5.46. The van der Waals surface area contributed by atoms with E-state index in [9.17, 15) is 0 Å². The third-order valence-corrected chi connectivity index (χ3v) is 2.22. The molecule has 0 saturated carbocycles. The molecule has 1 aromatic rings. The third kappa shape index (κ3) is 3.88. The van der Waals surface area contributed by atoms with Crippen molar-refractivity contribution in [1.82, 2.24) is 0 Å². The van der Waals surface area contributed by atoms with Crippen LogP contribution < -0.4 is 0 Å². The summed E-state index contributed by atoms with van der Waals surface area (Å²) in [5.41, 5.74) is 2.21. The molecule has 80 valence electrons. The van der Waals surface area contributed by atoms with Crippen molar-refractivity contribution >= 4 is 23.4 Å². The third-order valence-electron chi connectivity index (χ3n) is 1.98. The van der Waals surface area contributed by atoms with Crippen molar-refractivity contribution in [2.45, 2.75) is 26.8 Å². The molecule has 0 heterocycles. The lowest BCUT2D eigenvalue weighted by Gasteiger charge is -2.03. The monoisotopic (exact) mass is 221 g/mol. The van der Waals surface area contributed by atoms with Crippen LogP contribution in [0.1, 0.15) is 26.3 Å². The largest absolute Gasteiger partial charge is 0.290 e. The second-order valence-electron chi connectivity index (χ2n) is 3.63. The van der Waals surface area contributed by atoms with E-state index >= 15 is 0 Å². The number of aliphatic imine (C=N–C) groups is 1. The highest BCUT2D eigenvalue weighted by molar-refractivity contribution is 6.31. The number of rotatable bonds is 3. The van der Waals surface area contributed by atoms with Gasteiger partial charge in [-0.05, 0) is 44.0 Å². The minimum atomic E-state index is 0.319. The fourth-order valence-corrected chi connectivity index (χ4v) is 1.40. The average Bonchev–Trinajstić information content (AvgIpc) is 2.18. The molecule has 0 aliphatic heterocycles. The van der Waals surface area contributed by atoms with E-state index < -0.39 is 0 Å². The maximum Gasteiger partial charge on any atom is 0.0443 e. The van der Waals surface area contributed by atoms with Crippen molar-refractivity contribution in [3.8, 4) is 0 Å². The molecule has 1 aromatic carbocycles. The molecule has 2 heteroatoms. The van der Waals surface area contributed by atoms with Crippen LogP contribution in [-0.4, -0.2) is 12.3 Å². The molecule has 0 amide bonds. The zero-order valence-corrected chi connectivity index (χ0v) is 10.1. The number of nitrogens with zero attached hydrogens (tertiary/aromatic N) is 1. The van der Waals surface area contributed by atoms with Crippen LogP contribution in [0.15, 0.2) is 35.3 Å². The van der Waals surface area contributed by atoms with Gasteiger partial charge in [0.25, 0.3) is 0 Å². The van der Waals surface area contributed by atoms with Crippen LogP contribution in [0.4, 0.5) is 0 Å². The number of benzene rings is 1. The number of hydrogen-bond acceptors (Lipinski definition) is 1. The Hall–Kier alpha value is -1.08. The molecule has 0 aliphatic carbocycles. The molecule has 0 N–H and O–H groups in total. The second-order valence-corrected chi connectivity index (χ2v) is 4.06. The lowest BCUT2D eigenvalue weighted by atomic mass is 10.1. The van der Waals surface area contributed by atoms with Crippen LogP contribution in [0.25, 0.3) is 5.57 Å². The predicted molar refractivity (Wildman–Crippen MR) is 68.7 cm³/mol. The molecule has 0 radical (unpaired) electrons. The minimum absolute atomic E-state index is 0.319. The fourth-order valence-electron chi connectivity index (χ4n) is 1.21. The van der Waals surface area contributed by atoms with E-state index in [1.807, 2.05) is 43.5 Å². The van der Waals surface area contributed by atoms with Crippen LogP contribution in [0, 0.1) is 0 Å². The summed E-state index contributed by atoms with van der Waals surface area (Å²) < 4.78 is 0. The molecular weight excluding hydrogens is 206 g/mol. The smallest absolute Gasteiger partial charge is 0.0443 e.